The lowest BCUT2D eigenvalue weighted by Gasteiger charge is -2.09. The van der Waals surface area contributed by atoms with E-state index >= 15 is 0 Å². The summed E-state index contributed by atoms with van der Waals surface area (Å²) in [4.78, 5) is 13.7. The number of nitrogens with zero attached hydrogens (tertiary/aromatic N) is 1. The maximum Gasteiger partial charge on any atom is 0.330 e. The van der Waals surface area contributed by atoms with E-state index in [1.165, 1.54) is 34.7 Å². The van der Waals surface area contributed by atoms with Crippen LogP contribution < -0.4 is 0 Å². The van der Waals surface area contributed by atoms with E-state index in [1.807, 2.05) is 30.3 Å². The highest BCUT2D eigenvalue weighted by atomic mass is 35.5. The summed E-state index contributed by atoms with van der Waals surface area (Å²) in [6, 6.07) is 24.6. The minimum atomic E-state index is -0.366. The minimum Gasteiger partial charge on any atom is -0.466 e. The van der Waals surface area contributed by atoms with Gasteiger partial charge in [0, 0.05) is 38.5 Å². The molecule has 0 aliphatic rings. The first-order chi connectivity index (χ1) is 15.0. The number of hydrogen-bond acceptors (Lipinski definition) is 3. The fourth-order valence-corrected chi connectivity index (χ4v) is 4.83. The number of rotatable bonds is 6. The highest BCUT2D eigenvalue weighted by Gasteiger charge is 2.16. The lowest BCUT2D eigenvalue weighted by atomic mass is 10.2. The van der Waals surface area contributed by atoms with Gasteiger partial charge in [-0.15, -0.1) is 0 Å². The molecule has 0 saturated carbocycles. The maximum atomic E-state index is 11.4. The smallest absolute Gasteiger partial charge is 0.330 e. The highest BCUT2D eigenvalue weighted by molar-refractivity contribution is 7.99. The van der Waals surface area contributed by atoms with Crippen LogP contribution in [0.25, 0.3) is 17.0 Å². The molecule has 5 heteroatoms. The average molecular weight is 448 g/mol. The molecule has 0 atom stereocenters. The van der Waals surface area contributed by atoms with Gasteiger partial charge in [-0.3, -0.25) is 0 Å². The molecule has 0 amide bonds. The number of aromatic nitrogens is 1. The topological polar surface area (TPSA) is 31.2 Å². The van der Waals surface area contributed by atoms with Crippen molar-refractivity contribution in [3.05, 3.63) is 101 Å². The SMILES string of the molecule is COC(=O)C=Cc1cccc(Sc2c(C)n(Cc3ccccc3)c3cc(Cl)ccc23)c1. The van der Waals surface area contributed by atoms with E-state index in [0.717, 1.165) is 27.5 Å². The van der Waals surface area contributed by atoms with E-state index in [1.54, 1.807) is 17.8 Å². The zero-order chi connectivity index (χ0) is 21.8. The molecule has 3 nitrogen and oxygen atoms in total. The van der Waals surface area contributed by atoms with Gasteiger partial charge in [-0.1, -0.05) is 71.9 Å². The summed E-state index contributed by atoms with van der Waals surface area (Å²) < 4.78 is 7.00. The Morgan fingerprint density at radius 1 is 1.06 bits per heavy atom. The number of methoxy groups -OCH3 is 1. The number of esters is 1. The summed E-state index contributed by atoms with van der Waals surface area (Å²) in [6.45, 7) is 2.94. The lowest BCUT2D eigenvalue weighted by molar-refractivity contribution is -0.134. The van der Waals surface area contributed by atoms with Gasteiger partial charge in [0.2, 0.25) is 0 Å². The first-order valence-corrected chi connectivity index (χ1v) is 11.1. The normalized spacial score (nSPS) is 11.3. The van der Waals surface area contributed by atoms with Crippen LogP contribution in [0.2, 0.25) is 5.02 Å². The van der Waals surface area contributed by atoms with Gasteiger partial charge in [-0.2, -0.15) is 0 Å². The number of hydrogen-bond donors (Lipinski definition) is 0. The van der Waals surface area contributed by atoms with E-state index in [9.17, 15) is 4.79 Å². The van der Waals surface area contributed by atoms with E-state index in [-0.39, 0.29) is 5.97 Å². The first kappa shape index (κ1) is 21.3. The second kappa shape index (κ2) is 9.46. The molecule has 0 radical (unpaired) electrons. The summed E-state index contributed by atoms with van der Waals surface area (Å²) >= 11 is 8.06. The molecule has 0 N–H and O–H groups in total. The molecular formula is C26H22ClNO2S. The Morgan fingerprint density at radius 3 is 2.65 bits per heavy atom. The number of halogens is 1. The Hall–Kier alpha value is -2.95. The van der Waals surface area contributed by atoms with Gasteiger partial charge < -0.3 is 9.30 Å². The van der Waals surface area contributed by atoms with Crippen LogP contribution in [0.4, 0.5) is 0 Å². The highest BCUT2D eigenvalue weighted by Crippen LogP contribution is 2.39. The third-order valence-electron chi connectivity index (χ3n) is 5.10. The van der Waals surface area contributed by atoms with E-state index in [2.05, 4.69) is 58.7 Å². The van der Waals surface area contributed by atoms with Gasteiger partial charge in [0.25, 0.3) is 0 Å². The Balaban J connectivity index is 1.72. The van der Waals surface area contributed by atoms with Gasteiger partial charge >= 0.3 is 5.97 Å². The van der Waals surface area contributed by atoms with E-state index < -0.39 is 0 Å². The predicted molar refractivity (Wildman–Crippen MR) is 129 cm³/mol. The van der Waals surface area contributed by atoms with Crippen LogP contribution >= 0.6 is 23.4 Å². The third kappa shape index (κ3) is 4.87. The van der Waals surface area contributed by atoms with Crippen LogP contribution in [0.1, 0.15) is 16.8 Å². The van der Waals surface area contributed by atoms with Crippen LogP contribution in [-0.2, 0) is 16.1 Å². The molecule has 31 heavy (non-hydrogen) atoms. The van der Waals surface area contributed by atoms with Crippen molar-refractivity contribution in [3.63, 3.8) is 0 Å². The molecule has 3 aromatic carbocycles. The first-order valence-electron chi connectivity index (χ1n) is 9.91. The Labute approximate surface area is 191 Å². The molecule has 0 unspecified atom stereocenters. The van der Waals surface area contributed by atoms with E-state index in [0.29, 0.717) is 0 Å². The number of benzene rings is 3. The van der Waals surface area contributed by atoms with Crippen molar-refractivity contribution in [2.24, 2.45) is 0 Å². The second-order valence-electron chi connectivity index (χ2n) is 7.18. The summed E-state index contributed by atoms with van der Waals surface area (Å²) in [6.07, 6.45) is 3.20. The molecule has 156 valence electrons. The van der Waals surface area contributed by atoms with Crippen molar-refractivity contribution < 1.29 is 9.53 Å². The van der Waals surface area contributed by atoms with Gasteiger partial charge in [0.05, 0.1) is 12.6 Å². The molecule has 0 saturated heterocycles. The molecule has 4 aromatic rings. The third-order valence-corrected chi connectivity index (χ3v) is 6.55. The monoisotopic (exact) mass is 447 g/mol. The van der Waals surface area contributed by atoms with Crippen molar-refractivity contribution in [2.75, 3.05) is 7.11 Å². The Bertz CT molecular complexity index is 1260. The number of carbonyl (C=O) groups is 1. The maximum absolute atomic E-state index is 11.4. The van der Waals surface area contributed by atoms with Gasteiger partial charge in [0.15, 0.2) is 0 Å². The predicted octanol–water partition coefficient (Wildman–Crippen LogP) is 6.99. The largest absolute Gasteiger partial charge is 0.466 e. The Morgan fingerprint density at radius 2 is 1.87 bits per heavy atom. The van der Waals surface area contributed by atoms with Gasteiger partial charge in [0.1, 0.15) is 0 Å². The fraction of sp³-hybridized carbons (Fsp3) is 0.115. The molecule has 0 aliphatic carbocycles. The summed E-state index contributed by atoms with van der Waals surface area (Å²) in [7, 11) is 1.37. The van der Waals surface area contributed by atoms with Crippen LogP contribution in [0.15, 0.2) is 88.7 Å². The summed E-state index contributed by atoms with van der Waals surface area (Å²) in [5, 5.41) is 1.91. The Kier molecular flexibility index (Phi) is 6.50. The number of fused-ring (bicyclic) bond motifs is 1. The molecule has 0 aliphatic heterocycles. The summed E-state index contributed by atoms with van der Waals surface area (Å²) in [5.41, 5.74) is 4.51. The molecular weight excluding hydrogens is 426 g/mol. The van der Waals surface area contributed by atoms with Crippen molar-refractivity contribution in [1.29, 1.82) is 0 Å². The minimum absolute atomic E-state index is 0.366. The van der Waals surface area contributed by atoms with Crippen molar-refractivity contribution in [1.82, 2.24) is 4.57 Å². The molecule has 0 fully saturated rings. The standard InChI is InChI=1S/C26H22ClNO2S/c1-18-26(31-22-10-6-9-19(15-22)11-14-25(29)30-2)23-13-12-21(27)16-24(23)28(18)17-20-7-4-3-5-8-20/h3-16H,17H2,1-2H3. The molecule has 0 bridgehead atoms. The van der Waals surface area contributed by atoms with Crippen molar-refractivity contribution in [3.8, 4) is 0 Å². The van der Waals surface area contributed by atoms with Crippen LogP contribution in [0, 0.1) is 6.92 Å². The quantitative estimate of drug-likeness (QED) is 0.236. The van der Waals surface area contributed by atoms with Crippen LogP contribution in [-0.4, -0.2) is 17.6 Å². The van der Waals surface area contributed by atoms with Crippen molar-refractivity contribution >= 4 is 46.3 Å². The van der Waals surface area contributed by atoms with Crippen LogP contribution in [0.3, 0.4) is 0 Å². The van der Waals surface area contributed by atoms with Gasteiger partial charge in [-0.25, -0.2) is 4.79 Å². The molecule has 1 aromatic heterocycles. The lowest BCUT2D eigenvalue weighted by Crippen LogP contribution is -2.01. The zero-order valence-corrected chi connectivity index (χ0v) is 18.9. The van der Waals surface area contributed by atoms with E-state index in [4.69, 9.17) is 11.6 Å². The molecule has 1 heterocycles. The zero-order valence-electron chi connectivity index (χ0n) is 17.3. The number of carbonyl (C=O) groups excluding carboxylic acids is 1. The molecule has 4 rings (SSSR count). The van der Waals surface area contributed by atoms with Gasteiger partial charge in [-0.05, 0) is 48.4 Å². The summed E-state index contributed by atoms with van der Waals surface area (Å²) in [5.74, 6) is -0.366. The van der Waals surface area contributed by atoms with Crippen LogP contribution in [0.5, 0.6) is 0 Å². The fourth-order valence-electron chi connectivity index (χ4n) is 3.55. The number of ether oxygens (including phenoxy) is 1. The average Bonchev–Trinajstić information content (AvgIpc) is 3.03. The molecule has 0 spiro atoms. The van der Waals surface area contributed by atoms with Crippen molar-refractivity contribution in [2.45, 2.75) is 23.3 Å². The second-order valence-corrected chi connectivity index (χ2v) is 8.70.